The predicted octanol–water partition coefficient (Wildman–Crippen LogP) is 3.35. The van der Waals surface area contributed by atoms with Crippen molar-refractivity contribution < 1.29 is 0 Å². The summed E-state index contributed by atoms with van der Waals surface area (Å²) in [5.74, 6) is 1.36. The fourth-order valence-corrected chi connectivity index (χ4v) is 3.58. The van der Waals surface area contributed by atoms with Crippen LogP contribution in [0.3, 0.4) is 0 Å². The summed E-state index contributed by atoms with van der Waals surface area (Å²) in [6.07, 6.45) is 4.19. The van der Waals surface area contributed by atoms with Crippen LogP contribution in [0.2, 0.25) is 0 Å². The molecular formula is C14H25N3S. The standard InChI is InChI=1S/C14H25N3S/c1-4-17(9-11-6-5-7-11)14-16-13(10(2)3)12(8-15)18-14/h10-11H,4-9,15H2,1-3H3. The van der Waals surface area contributed by atoms with Gasteiger partial charge in [0.2, 0.25) is 0 Å². The average molecular weight is 267 g/mol. The molecule has 3 nitrogen and oxygen atoms in total. The Morgan fingerprint density at radius 3 is 2.56 bits per heavy atom. The van der Waals surface area contributed by atoms with E-state index < -0.39 is 0 Å². The molecule has 0 spiro atoms. The van der Waals surface area contributed by atoms with Gasteiger partial charge in [-0.1, -0.05) is 20.3 Å². The van der Waals surface area contributed by atoms with Crippen LogP contribution in [-0.4, -0.2) is 18.1 Å². The fraction of sp³-hybridized carbons (Fsp3) is 0.786. The van der Waals surface area contributed by atoms with E-state index in [9.17, 15) is 0 Å². The van der Waals surface area contributed by atoms with Gasteiger partial charge in [0.05, 0.1) is 5.69 Å². The van der Waals surface area contributed by atoms with Gasteiger partial charge in [0.1, 0.15) is 0 Å². The van der Waals surface area contributed by atoms with Crippen LogP contribution in [-0.2, 0) is 6.54 Å². The molecule has 1 heterocycles. The molecule has 1 aliphatic carbocycles. The second-order valence-electron chi connectivity index (χ2n) is 5.50. The monoisotopic (exact) mass is 267 g/mol. The Kier molecular flexibility index (Phi) is 4.62. The first kappa shape index (κ1) is 13.8. The molecule has 1 aromatic rings. The Bertz CT molecular complexity index is 382. The van der Waals surface area contributed by atoms with Crippen LogP contribution in [0.15, 0.2) is 0 Å². The van der Waals surface area contributed by atoms with E-state index >= 15 is 0 Å². The lowest BCUT2D eigenvalue weighted by Gasteiger charge is -2.31. The summed E-state index contributed by atoms with van der Waals surface area (Å²) in [5.41, 5.74) is 7.03. The van der Waals surface area contributed by atoms with Crippen molar-refractivity contribution in [2.45, 2.75) is 52.5 Å². The molecule has 0 aromatic carbocycles. The van der Waals surface area contributed by atoms with Crippen LogP contribution >= 0.6 is 11.3 Å². The summed E-state index contributed by atoms with van der Waals surface area (Å²) in [4.78, 5) is 8.51. The van der Waals surface area contributed by atoms with Gasteiger partial charge in [0.15, 0.2) is 5.13 Å². The third kappa shape index (κ3) is 2.86. The molecule has 1 aliphatic rings. The molecule has 0 saturated heterocycles. The van der Waals surface area contributed by atoms with Crippen molar-refractivity contribution in [2.24, 2.45) is 11.7 Å². The van der Waals surface area contributed by atoms with E-state index in [-0.39, 0.29) is 0 Å². The topological polar surface area (TPSA) is 42.2 Å². The minimum absolute atomic E-state index is 0.468. The summed E-state index contributed by atoms with van der Waals surface area (Å²) in [6.45, 7) is 9.45. The number of rotatable bonds is 6. The van der Waals surface area contributed by atoms with Crippen LogP contribution in [0.25, 0.3) is 0 Å². The van der Waals surface area contributed by atoms with Crippen molar-refractivity contribution in [2.75, 3.05) is 18.0 Å². The maximum Gasteiger partial charge on any atom is 0.185 e. The molecule has 2 rings (SSSR count). The SMILES string of the molecule is CCN(CC1CCC1)c1nc(C(C)C)c(CN)s1. The minimum atomic E-state index is 0.468. The minimum Gasteiger partial charge on any atom is -0.348 e. The maximum absolute atomic E-state index is 5.83. The summed E-state index contributed by atoms with van der Waals surface area (Å²) < 4.78 is 0. The molecule has 18 heavy (non-hydrogen) atoms. The normalized spacial score (nSPS) is 16.1. The molecule has 1 fully saturated rings. The molecule has 4 heteroatoms. The summed E-state index contributed by atoms with van der Waals surface area (Å²) in [5, 5.41) is 1.17. The van der Waals surface area contributed by atoms with Gasteiger partial charge in [-0.3, -0.25) is 0 Å². The van der Waals surface area contributed by atoms with Gasteiger partial charge < -0.3 is 10.6 Å². The van der Waals surface area contributed by atoms with Crippen molar-refractivity contribution in [1.82, 2.24) is 4.98 Å². The van der Waals surface area contributed by atoms with Crippen molar-refractivity contribution >= 4 is 16.5 Å². The largest absolute Gasteiger partial charge is 0.348 e. The van der Waals surface area contributed by atoms with Crippen LogP contribution < -0.4 is 10.6 Å². The van der Waals surface area contributed by atoms with Crippen molar-refractivity contribution in [3.8, 4) is 0 Å². The van der Waals surface area contributed by atoms with E-state index in [2.05, 4.69) is 25.7 Å². The van der Waals surface area contributed by atoms with Crippen molar-refractivity contribution in [1.29, 1.82) is 0 Å². The first-order chi connectivity index (χ1) is 8.65. The Morgan fingerprint density at radius 2 is 2.17 bits per heavy atom. The molecular weight excluding hydrogens is 242 g/mol. The number of thiazole rings is 1. The second kappa shape index (κ2) is 6.02. The first-order valence-electron chi connectivity index (χ1n) is 7.10. The Balaban J connectivity index is 2.13. The quantitative estimate of drug-likeness (QED) is 0.859. The molecule has 0 aliphatic heterocycles. The van der Waals surface area contributed by atoms with E-state index in [1.807, 2.05) is 0 Å². The number of hydrogen-bond donors (Lipinski definition) is 1. The lowest BCUT2D eigenvalue weighted by molar-refractivity contribution is 0.318. The van der Waals surface area contributed by atoms with E-state index in [1.165, 1.54) is 41.5 Å². The molecule has 1 saturated carbocycles. The van der Waals surface area contributed by atoms with Gasteiger partial charge in [0, 0.05) is 24.5 Å². The van der Waals surface area contributed by atoms with Crippen LogP contribution in [0.5, 0.6) is 0 Å². The number of hydrogen-bond acceptors (Lipinski definition) is 4. The molecule has 0 atom stereocenters. The van der Waals surface area contributed by atoms with Crippen LogP contribution in [0, 0.1) is 5.92 Å². The first-order valence-corrected chi connectivity index (χ1v) is 7.92. The zero-order valence-corrected chi connectivity index (χ0v) is 12.6. The second-order valence-corrected chi connectivity index (χ2v) is 6.56. The highest BCUT2D eigenvalue weighted by Gasteiger charge is 2.23. The predicted molar refractivity (Wildman–Crippen MR) is 79.3 cm³/mol. The highest BCUT2D eigenvalue weighted by atomic mass is 32.1. The van der Waals surface area contributed by atoms with Gasteiger partial charge in [-0.15, -0.1) is 11.3 Å². The van der Waals surface area contributed by atoms with E-state index in [1.54, 1.807) is 11.3 Å². The van der Waals surface area contributed by atoms with E-state index in [0.717, 1.165) is 12.5 Å². The number of nitrogens with two attached hydrogens (primary N) is 1. The van der Waals surface area contributed by atoms with Crippen LogP contribution in [0.1, 0.15) is 56.5 Å². The Hall–Kier alpha value is -0.610. The smallest absolute Gasteiger partial charge is 0.185 e. The highest BCUT2D eigenvalue weighted by molar-refractivity contribution is 7.15. The lowest BCUT2D eigenvalue weighted by Crippen LogP contribution is -2.32. The van der Waals surface area contributed by atoms with Crippen molar-refractivity contribution in [3.63, 3.8) is 0 Å². The summed E-state index contributed by atoms with van der Waals surface area (Å²) in [6, 6.07) is 0. The molecule has 102 valence electrons. The molecule has 2 N–H and O–H groups in total. The fourth-order valence-electron chi connectivity index (χ4n) is 2.41. The summed E-state index contributed by atoms with van der Waals surface area (Å²) in [7, 11) is 0. The molecule has 0 bridgehead atoms. The zero-order chi connectivity index (χ0) is 13.1. The Morgan fingerprint density at radius 1 is 1.44 bits per heavy atom. The number of aromatic nitrogens is 1. The van der Waals surface area contributed by atoms with Gasteiger partial charge in [-0.25, -0.2) is 4.98 Å². The maximum atomic E-state index is 5.83. The molecule has 0 unspecified atom stereocenters. The van der Waals surface area contributed by atoms with Gasteiger partial charge in [-0.2, -0.15) is 0 Å². The number of anilines is 1. The Labute approximate surface area is 114 Å². The van der Waals surface area contributed by atoms with Crippen molar-refractivity contribution in [3.05, 3.63) is 10.6 Å². The molecule has 0 radical (unpaired) electrons. The highest BCUT2D eigenvalue weighted by Crippen LogP contribution is 2.33. The number of nitrogens with zero attached hydrogens (tertiary/aromatic N) is 2. The lowest BCUT2D eigenvalue weighted by atomic mass is 9.85. The third-order valence-electron chi connectivity index (χ3n) is 3.80. The van der Waals surface area contributed by atoms with Crippen LogP contribution in [0.4, 0.5) is 5.13 Å². The molecule has 1 aromatic heterocycles. The zero-order valence-electron chi connectivity index (χ0n) is 11.8. The van der Waals surface area contributed by atoms with Gasteiger partial charge in [-0.05, 0) is 31.6 Å². The summed E-state index contributed by atoms with van der Waals surface area (Å²) >= 11 is 1.79. The van der Waals surface area contributed by atoms with E-state index in [4.69, 9.17) is 10.7 Å². The average Bonchev–Trinajstić information content (AvgIpc) is 2.72. The van der Waals surface area contributed by atoms with Gasteiger partial charge in [0.25, 0.3) is 0 Å². The van der Waals surface area contributed by atoms with E-state index in [0.29, 0.717) is 12.5 Å². The third-order valence-corrected chi connectivity index (χ3v) is 4.96. The molecule has 0 amide bonds. The van der Waals surface area contributed by atoms with Gasteiger partial charge >= 0.3 is 0 Å².